The Labute approximate surface area is 181 Å². The average Bonchev–Trinajstić information content (AvgIpc) is 2.73. The number of carbonyl (C=O) groups excluding carboxylic acids is 3. The maximum absolute atomic E-state index is 13.0. The average molecular weight is 425 g/mol. The van der Waals surface area contributed by atoms with Crippen molar-refractivity contribution >= 4 is 17.8 Å². The molecular weight excluding hydrogens is 384 g/mol. The van der Waals surface area contributed by atoms with Crippen molar-refractivity contribution in [3.05, 3.63) is 12.2 Å². The summed E-state index contributed by atoms with van der Waals surface area (Å²) in [5, 5.41) is 14.9. The Morgan fingerprint density at radius 3 is 2.67 bits per heavy atom. The fourth-order valence-corrected chi connectivity index (χ4v) is 3.57. The summed E-state index contributed by atoms with van der Waals surface area (Å²) in [4.78, 5) is 37.3. The Morgan fingerprint density at radius 1 is 1.27 bits per heavy atom. The van der Waals surface area contributed by atoms with E-state index in [2.05, 4.69) is 24.5 Å². The van der Waals surface area contributed by atoms with E-state index in [4.69, 9.17) is 9.84 Å². The lowest BCUT2D eigenvalue weighted by molar-refractivity contribution is -0.145. The summed E-state index contributed by atoms with van der Waals surface area (Å²) < 4.78 is 5.44. The lowest BCUT2D eigenvalue weighted by atomic mass is 9.93. The van der Waals surface area contributed by atoms with E-state index in [0.29, 0.717) is 18.8 Å². The third kappa shape index (κ3) is 10.8. The first-order valence-corrected chi connectivity index (χ1v) is 11.4. The van der Waals surface area contributed by atoms with Crippen molar-refractivity contribution in [1.82, 2.24) is 10.6 Å². The molecule has 7 nitrogen and oxygen atoms in total. The zero-order valence-corrected chi connectivity index (χ0v) is 18.8. The van der Waals surface area contributed by atoms with Crippen LogP contribution < -0.4 is 10.6 Å². The van der Waals surface area contributed by atoms with Crippen LogP contribution in [-0.4, -0.2) is 48.2 Å². The molecule has 0 bridgehead atoms. The first kappa shape index (κ1) is 26.1. The van der Waals surface area contributed by atoms with Gasteiger partial charge in [-0.3, -0.25) is 14.4 Å². The summed E-state index contributed by atoms with van der Waals surface area (Å²) in [6.45, 7) is 5.96. The van der Waals surface area contributed by atoms with Crippen LogP contribution in [0.25, 0.3) is 0 Å². The minimum absolute atomic E-state index is 0.0536. The SMILES string of the molecule is CCC(CC)C[C@H]1COC(=O)CCCC/C=C\C[C@H](CC(=O)N[C@H](C)CO)C(=O)N1. The second-order valence-electron chi connectivity index (χ2n) is 8.31. The first-order valence-electron chi connectivity index (χ1n) is 11.4. The Balaban J connectivity index is 2.91. The molecule has 172 valence electrons. The molecule has 3 N–H and O–H groups in total. The van der Waals surface area contributed by atoms with Crippen molar-refractivity contribution in [3.8, 4) is 0 Å². The highest BCUT2D eigenvalue weighted by Gasteiger charge is 2.26. The van der Waals surface area contributed by atoms with Gasteiger partial charge in [0.25, 0.3) is 0 Å². The lowest BCUT2D eigenvalue weighted by Crippen LogP contribution is -2.44. The van der Waals surface area contributed by atoms with Crippen molar-refractivity contribution in [2.24, 2.45) is 11.8 Å². The predicted molar refractivity (Wildman–Crippen MR) is 117 cm³/mol. The van der Waals surface area contributed by atoms with E-state index >= 15 is 0 Å². The number of amides is 2. The molecular formula is C23H40N2O5. The van der Waals surface area contributed by atoms with Gasteiger partial charge in [-0.05, 0) is 44.9 Å². The number of esters is 1. The zero-order chi connectivity index (χ0) is 22.4. The van der Waals surface area contributed by atoms with Crippen LogP contribution in [0.5, 0.6) is 0 Å². The van der Waals surface area contributed by atoms with Crippen LogP contribution in [0.1, 0.15) is 78.6 Å². The summed E-state index contributed by atoms with van der Waals surface area (Å²) in [6, 6.07) is -0.614. The molecule has 1 aliphatic heterocycles. The van der Waals surface area contributed by atoms with Gasteiger partial charge in [0.2, 0.25) is 11.8 Å². The van der Waals surface area contributed by atoms with Crippen LogP contribution in [0.3, 0.4) is 0 Å². The van der Waals surface area contributed by atoms with Gasteiger partial charge >= 0.3 is 5.97 Å². The number of carbonyl (C=O) groups is 3. The van der Waals surface area contributed by atoms with Crippen LogP contribution >= 0.6 is 0 Å². The number of hydrogen-bond donors (Lipinski definition) is 3. The van der Waals surface area contributed by atoms with Crippen molar-refractivity contribution < 1.29 is 24.2 Å². The molecule has 0 aromatic rings. The van der Waals surface area contributed by atoms with Gasteiger partial charge in [0.05, 0.1) is 18.6 Å². The maximum atomic E-state index is 13.0. The molecule has 2 amide bonds. The minimum Gasteiger partial charge on any atom is -0.463 e. The number of ether oxygens (including phenoxy) is 1. The first-order chi connectivity index (χ1) is 14.4. The van der Waals surface area contributed by atoms with E-state index in [-0.39, 0.29) is 49.5 Å². The predicted octanol–water partition coefficient (Wildman–Crippen LogP) is 2.86. The largest absolute Gasteiger partial charge is 0.463 e. The summed E-state index contributed by atoms with van der Waals surface area (Å²) in [7, 11) is 0. The second kappa shape index (κ2) is 15.0. The zero-order valence-electron chi connectivity index (χ0n) is 18.8. The molecule has 0 aromatic carbocycles. The van der Waals surface area contributed by atoms with Crippen LogP contribution in [0.4, 0.5) is 0 Å². The third-order valence-corrected chi connectivity index (χ3v) is 5.64. The Morgan fingerprint density at radius 2 is 2.00 bits per heavy atom. The quantitative estimate of drug-likeness (QED) is 0.410. The van der Waals surface area contributed by atoms with Crippen molar-refractivity contribution in [2.45, 2.75) is 90.6 Å². The number of hydrogen-bond acceptors (Lipinski definition) is 5. The Hall–Kier alpha value is -1.89. The van der Waals surface area contributed by atoms with Gasteiger partial charge in [0.15, 0.2) is 0 Å². The van der Waals surface area contributed by atoms with E-state index in [1.807, 2.05) is 12.2 Å². The summed E-state index contributed by atoms with van der Waals surface area (Å²) in [5.41, 5.74) is 0. The standard InChI is InChI=1S/C23H40N2O5/c1-4-18(5-2)13-20-16-30-22(28)12-10-8-6-7-9-11-19(23(29)25-20)14-21(27)24-17(3)15-26/h7,9,17-20,26H,4-6,8,10-16H2,1-3H3,(H,24,27)(H,25,29)/b9-7-/t17-,19-,20+/m1/s1. The van der Waals surface area contributed by atoms with Crippen molar-refractivity contribution in [1.29, 1.82) is 0 Å². The van der Waals surface area contributed by atoms with Crippen LogP contribution in [0.2, 0.25) is 0 Å². The van der Waals surface area contributed by atoms with Crippen LogP contribution in [0, 0.1) is 11.8 Å². The number of aliphatic hydroxyl groups excluding tert-OH is 1. The monoisotopic (exact) mass is 424 g/mol. The molecule has 0 aromatic heterocycles. The molecule has 0 unspecified atom stereocenters. The Kier molecular flexibility index (Phi) is 13.1. The molecule has 1 aliphatic rings. The van der Waals surface area contributed by atoms with Crippen LogP contribution in [-0.2, 0) is 19.1 Å². The molecule has 1 rings (SSSR count). The van der Waals surface area contributed by atoms with E-state index in [9.17, 15) is 14.4 Å². The third-order valence-electron chi connectivity index (χ3n) is 5.64. The fraction of sp³-hybridized carbons (Fsp3) is 0.783. The van der Waals surface area contributed by atoms with E-state index in [1.54, 1.807) is 6.92 Å². The van der Waals surface area contributed by atoms with Gasteiger partial charge in [-0.1, -0.05) is 38.8 Å². The normalized spacial score (nSPS) is 23.8. The van der Waals surface area contributed by atoms with Gasteiger partial charge in [-0.15, -0.1) is 0 Å². The molecule has 0 spiro atoms. The summed E-state index contributed by atoms with van der Waals surface area (Å²) in [5.74, 6) is -0.756. The number of cyclic esters (lactones) is 1. The number of aliphatic hydroxyl groups is 1. The molecule has 3 atom stereocenters. The highest BCUT2D eigenvalue weighted by Crippen LogP contribution is 2.18. The summed E-state index contributed by atoms with van der Waals surface area (Å²) >= 11 is 0. The molecule has 0 saturated carbocycles. The van der Waals surface area contributed by atoms with Gasteiger partial charge in [-0.25, -0.2) is 0 Å². The fourth-order valence-electron chi connectivity index (χ4n) is 3.57. The van der Waals surface area contributed by atoms with Gasteiger partial charge in [-0.2, -0.15) is 0 Å². The van der Waals surface area contributed by atoms with Crippen molar-refractivity contribution in [2.75, 3.05) is 13.2 Å². The van der Waals surface area contributed by atoms with E-state index < -0.39 is 5.92 Å². The van der Waals surface area contributed by atoms with Gasteiger partial charge < -0.3 is 20.5 Å². The van der Waals surface area contributed by atoms with Gasteiger partial charge in [0.1, 0.15) is 6.61 Å². The highest BCUT2D eigenvalue weighted by atomic mass is 16.5. The number of rotatable bonds is 8. The molecule has 1 heterocycles. The maximum Gasteiger partial charge on any atom is 0.305 e. The topological polar surface area (TPSA) is 105 Å². The molecule has 30 heavy (non-hydrogen) atoms. The second-order valence-corrected chi connectivity index (χ2v) is 8.31. The summed E-state index contributed by atoms with van der Waals surface area (Å²) in [6.07, 6.45) is 10.1. The minimum atomic E-state index is -0.505. The van der Waals surface area contributed by atoms with Gasteiger partial charge in [0, 0.05) is 18.9 Å². The highest BCUT2D eigenvalue weighted by molar-refractivity contribution is 5.86. The van der Waals surface area contributed by atoms with Crippen molar-refractivity contribution in [3.63, 3.8) is 0 Å². The lowest BCUT2D eigenvalue weighted by Gasteiger charge is -2.25. The number of nitrogens with one attached hydrogen (secondary N) is 2. The smallest absolute Gasteiger partial charge is 0.305 e. The van der Waals surface area contributed by atoms with Crippen LogP contribution in [0.15, 0.2) is 12.2 Å². The molecule has 0 saturated heterocycles. The molecule has 0 aliphatic carbocycles. The molecule has 0 radical (unpaired) electrons. The molecule has 7 heteroatoms. The Bertz CT molecular complexity index is 560. The van der Waals surface area contributed by atoms with E-state index in [1.165, 1.54) is 0 Å². The van der Waals surface area contributed by atoms with E-state index in [0.717, 1.165) is 38.5 Å². The molecule has 0 fully saturated rings. The number of allylic oxidation sites excluding steroid dienone is 2.